The van der Waals surface area contributed by atoms with Gasteiger partial charge in [0.2, 0.25) is 0 Å². The number of benzene rings is 2. The Balaban J connectivity index is 2.45. The Morgan fingerprint density at radius 1 is 0.952 bits per heavy atom. The Morgan fingerprint density at radius 2 is 1.52 bits per heavy atom. The van der Waals surface area contributed by atoms with E-state index in [-0.39, 0.29) is 5.91 Å². The maximum atomic E-state index is 12.2. The number of hydrogen-bond donors (Lipinski definition) is 0. The molecule has 0 bridgehead atoms. The molecule has 0 saturated carbocycles. The molecule has 2 heteroatoms. The molecule has 0 spiro atoms. The normalized spacial score (nSPS) is 10.0. The zero-order valence-electron chi connectivity index (χ0n) is 12.5. The molecular formula is C19H19NO. The summed E-state index contributed by atoms with van der Waals surface area (Å²) in [6.07, 6.45) is 0. The number of para-hydroxylation sites is 1. The molecule has 2 nitrogen and oxygen atoms in total. The molecule has 0 aliphatic rings. The van der Waals surface area contributed by atoms with Crippen molar-refractivity contribution in [2.24, 2.45) is 0 Å². The fourth-order valence-corrected chi connectivity index (χ4v) is 2.21. The first kappa shape index (κ1) is 14.8. The quantitative estimate of drug-likeness (QED) is 0.764. The Bertz CT molecular complexity index is 686. The largest absolute Gasteiger partial charge is 0.311 e. The van der Waals surface area contributed by atoms with E-state index < -0.39 is 0 Å². The predicted octanol–water partition coefficient (Wildman–Crippen LogP) is 4.29. The van der Waals surface area contributed by atoms with Crippen LogP contribution >= 0.6 is 0 Å². The summed E-state index contributed by atoms with van der Waals surface area (Å²) in [6.45, 7) is 9.62. The van der Waals surface area contributed by atoms with Gasteiger partial charge in [0, 0.05) is 18.2 Å². The van der Waals surface area contributed by atoms with Crippen LogP contribution in [0.2, 0.25) is 0 Å². The third-order valence-corrected chi connectivity index (χ3v) is 3.38. The smallest absolute Gasteiger partial charge is 0.253 e. The molecule has 0 atom stereocenters. The fraction of sp³-hybridized carbons (Fsp3) is 0.105. The maximum Gasteiger partial charge on any atom is 0.253 e. The predicted molar refractivity (Wildman–Crippen MR) is 89.2 cm³/mol. The number of rotatable bonds is 4. The van der Waals surface area contributed by atoms with Gasteiger partial charge in [-0.2, -0.15) is 0 Å². The van der Waals surface area contributed by atoms with Gasteiger partial charge in [-0.25, -0.2) is 0 Å². The highest BCUT2D eigenvalue weighted by Gasteiger charge is 2.16. The van der Waals surface area contributed by atoms with Gasteiger partial charge >= 0.3 is 0 Å². The number of carbonyl (C=O) groups is 1. The van der Waals surface area contributed by atoms with Crippen LogP contribution in [0.15, 0.2) is 73.3 Å². The van der Waals surface area contributed by atoms with E-state index in [0.717, 1.165) is 22.4 Å². The van der Waals surface area contributed by atoms with E-state index in [4.69, 9.17) is 0 Å². The highest BCUT2D eigenvalue weighted by molar-refractivity contribution is 6.06. The molecule has 0 aliphatic heterocycles. The summed E-state index contributed by atoms with van der Waals surface area (Å²) in [4.78, 5) is 13.8. The van der Waals surface area contributed by atoms with E-state index in [1.165, 1.54) is 0 Å². The lowest BCUT2D eigenvalue weighted by Gasteiger charge is -2.22. The third kappa shape index (κ3) is 3.11. The van der Waals surface area contributed by atoms with Crippen molar-refractivity contribution in [3.05, 3.63) is 84.5 Å². The average molecular weight is 277 g/mol. The minimum absolute atomic E-state index is 0.0942. The summed E-state index contributed by atoms with van der Waals surface area (Å²) < 4.78 is 0. The van der Waals surface area contributed by atoms with Gasteiger partial charge in [-0.15, -0.1) is 0 Å². The Morgan fingerprint density at radius 3 is 2.14 bits per heavy atom. The SMILES string of the molecule is C=C(C)C(=O)N(C)c1ccccc1C(=C)c1ccccc1. The van der Waals surface area contributed by atoms with Crippen molar-refractivity contribution in [3.63, 3.8) is 0 Å². The van der Waals surface area contributed by atoms with Crippen LogP contribution in [0, 0.1) is 0 Å². The van der Waals surface area contributed by atoms with Gasteiger partial charge in [-0.1, -0.05) is 61.7 Å². The standard InChI is InChI=1S/C19H19NO/c1-14(2)19(21)20(4)18-13-9-8-12-17(18)15(3)16-10-6-5-7-11-16/h5-13H,1,3H2,2,4H3. The van der Waals surface area contributed by atoms with Crippen LogP contribution in [0.4, 0.5) is 5.69 Å². The molecule has 21 heavy (non-hydrogen) atoms. The Labute approximate surface area is 126 Å². The molecule has 0 radical (unpaired) electrons. The van der Waals surface area contributed by atoms with Crippen LogP contribution in [-0.2, 0) is 4.79 Å². The first-order valence-electron chi connectivity index (χ1n) is 6.79. The molecular weight excluding hydrogens is 258 g/mol. The first-order chi connectivity index (χ1) is 10.0. The van der Waals surface area contributed by atoms with E-state index in [1.54, 1.807) is 18.9 Å². The maximum absolute atomic E-state index is 12.2. The molecule has 106 valence electrons. The molecule has 0 unspecified atom stereocenters. The van der Waals surface area contributed by atoms with Crippen molar-refractivity contribution in [3.8, 4) is 0 Å². The summed E-state index contributed by atoms with van der Waals surface area (Å²) in [5.41, 5.74) is 4.23. The van der Waals surface area contributed by atoms with Crippen LogP contribution in [0.3, 0.4) is 0 Å². The zero-order chi connectivity index (χ0) is 15.4. The molecule has 0 aliphatic carbocycles. The summed E-state index contributed by atoms with van der Waals surface area (Å²) in [5, 5.41) is 0. The minimum Gasteiger partial charge on any atom is -0.311 e. The second-order valence-electron chi connectivity index (χ2n) is 5.01. The van der Waals surface area contributed by atoms with E-state index in [0.29, 0.717) is 5.57 Å². The number of hydrogen-bond acceptors (Lipinski definition) is 1. The van der Waals surface area contributed by atoms with E-state index >= 15 is 0 Å². The Hall–Kier alpha value is -2.61. The topological polar surface area (TPSA) is 20.3 Å². The van der Waals surface area contributed by atoms with Crippen LogP contribution in [0.1, 0.15) is 18.1 Å². The lowest BCUT2D eigenvalue weighted by molar-refractivity contribution is -0.114. The molecule has 0 aromatic heterocycles. The monoisotopic (exact) mass is 277 g/mol. The van der Waals surface area contributed by atoms with Crippen LogP contribution in [-0.4, -0.2) is 13.0 Å². The zero-order valence-corrected chi connectivity index (χ0v) is 12.5. The summed E-state index contributed by atoms with van der Waals surface area (Å²) in [6, 6.07) is 17.7. The number of anilines is 1. The van der Waals surface area contributed by atoms with Crippen molar-refractivity contribution >= 4 is 17.2 Å². The number of likely N-dealkylation sites (N-methyl/N-ethyl adjacent to an activating group) is 1. The molecule has 0 saturated heterocycles. The molecule has 0 fully saturated rings. The molecule has 2 aromatic carbocycles. The van der Waals surface area contributed by atoms with Crippen molar-refractivity contribution in [2.45, 2.75) is 6.92 Å². The van der Waals surface area contributed by atoms with Gasteiger partial charge in [0.25, 0.3) is 5.91 Å². The Kier molecular flexibility index (Phi) is 4.39. The van der Waals surface area contributed by atoms with Gasteiger partial charge in [0.05, 0.1) is 5.69 Å². The van der Waals surface area contributed by atoms with E-state index in [1.807, 2.05) is 54.6 Å². The van der Waals surface area contributed by atoms with Gasteiger partial charge in [0.15, 0.2) is 0 Å². The van der Waals surface area contributed by atoms with Gasteiger partial charge in [-0.3, -0.25) is 4.79 Å². The second-order valence-corrected chi connectivity index (χ2v) is 5.01. The lowest BCUT2D eigenvalue weighted by Crippen LogP contribution is -2.27. The van der Waals surface area contributed by atoms with E-state index in [2.05, 4.69) is 13.2 Å². The van der Waals surface area contributed by atoms with E-state index in [9.17, 15) is 4.79 Å². The molecule has 1 amide bonds. The summed E-state index contributed by atoms with van der Waals surface area (Å²) in [7, 11) is 1.76. The van der Waals surface area contributed by atoms with Crippen LogP contribution in [0.25, 0.3) is 5.57 Å². The molecule has 0 heterocycles. The van der Waals surface area contributed by atoms with Crippen LogP contribution in [0.5, 0.6) is 0 Å². The number of amides is 1. The van der Waals surface area contributed by atoms with Crippen molar-refractivity contribution in [1.82, 2.24) is 0 Å². The first-order valence-corrected chi connectivity index (χ1v) is 6.79. The third-order valence-electron chi connectivity index (χ3n) is 3.38. The molecule has 2 rings (SSSR count). The van der Waals surface area contributed by atoms with Crippen molar-refractivity contribution < 1.29 is 4.79 Å². The van der Waals surface area contributed by atoms with Crippen LogP contribution < -0.4 is 4.90 Å². The van der Waals surface area contributed by atoms with Gasteiger partial charge in [0.1, 0.15) is 0 Å². The highest BCUT2D eigenvalue weighted by Crippen LogP contribution is 2.30. The average Bonchev–Trinajstić information content (AvgIpc) is 2.53. The molecule has 0 N–H and O–H groups in total. The lowest BCUT2D eigenvalue weighted by atomic mass is 9.97. The highest BCUT2D eigenvalue weighted by atomic mass is 16.2. The number of carbonyl (C=O) groups excluding carboxylic acids is 1. The van der Waals surface area contributed by atoms with Gasteiger partial charge in [-0.05, 0) is 24.1 Å². The fourth-order valence-electron chi connectivity index (χ4n) is 2.21. The van der Waals surface area contributed by atoms with Crippen molar-refractivity contribution in [1.29, 1.82) is 0 Å². The van der Waals surface area contributed by atoms with Gasteiger partial charge < -0.3 is 4.90 Å². The van der Waals surface area contributed by atoms with Crippen molar-refractivity contribution in [2.75, 3.05) is 11.9 Å². The summed E-state index contributed by atoms with van der Waals surface area (Å²) >= 11 is 0. The second kappa shape index (κ2) is 6.23. The summed E-state index contributed by atoms with van der Waals surface area (Å²) in [5.74, 6) is -0.0942. The number of nitrogens with zero attached hydrogens (tertiary/aromatic N) is 1. The molecule has 2 aromatic rings. The minimum atomic E-state index is -0.0942.